The Morgan fingerprint density at radius 3 is 2.61 bits per heavy atom. The summed E-state index contributed by atoms with van der Waals surface area (Å²) in [4.78, 5) is 6.60. The molecule has 0 amide bonds. The van der Waals surface area contributed by atoms with E-state index in [0.717, 1.165) is 12.4 Å². The number of piperidine rings is 1. The van der Waals surface area contributed by atoms with Gasteiger partial charge in [0, 0.05) is 12.6 Å². The molecule has 3 unspecified atom stereocenters. The van der Waals surface area contributed by atoms with Gasteiger partial charge in [0.05, 0.1) is 10.0 Å². The van der Waals surface area contributed by atoms with Crippen molar-refractivity contribution in [1.82, 2.24) is 4.98 Å². The number of pyridine rings is 1. The Balaban J connectivity index is 2.38. The standard InChI is InChI=1S/C13H19Cl2N3/c1-7-4-8(2)9(3)18(6-7)13-11(15)5-10(14)12(16)17-13/h5,7-9H,4,6H2,1-3H3,(H2,16,17). The van der Waals surface area contributed by atoms with E-state index in [4.69, 9.17) is 28.9 Å². The molecule has 3 nitrogen and oxygen atoms in total. The van der Waals surface area contributed by atoms with E-state index in [-0.39, 0.29) is 0 Å². The van der Waals surface area contributed by atoms with Crippen LogP contribution < -0.4 is 10.6 Å². The van der Waals surface area contributed by atoms with Crippen molar-refractivity contribution in [2.24, 2.45) is 11.8 Å². The molecule has 0 radical (unpaired) electrons. The van der Waals surface area contributed by atoms with Gasteiger partial charge in [0.15, 0.2) is 0 Å². The smallest absolute Gasteiger partial charge is 0.150 e. The summed E-state index contributed by atoms with van der Waals surface area (Å²) in [6.45, 7) is 7.68. The molecule has 1 fully saturated rings. The van der Waals surface area contributed by atoms with E-state index in [1.54, 1.807) is 6.07 Å². The lowest BCUT2D eigenvalue weighted by atomic mass is 9.86. The van der Waals surface area contributed by atoms with Gasteiger partial charge in [-0.2, -0.15) is 0 Å². The lowest BCUT2D eigenvalue weighted by Gasteiger charge is -2.42. The maximum atomic E-state index is 6.25. The van der Waals surface area contributed by atoms with E-state index >= 15 is 0 Å². The fourth-order valence-corrected chi connectivity index (χ4v) is 3.13. The lowest BCUT2D eigenvalue weighted by Crippen LogP contribution is -2.46. The summed E-state index contributed by atoms with van der Waals surface area (Å²) in [6, 6.07) is 2.09. The summed E-state index contributed by atoms with van der Waals surface area (Å²) >= 11 is 12.2. The largest absolute Gasteiger partial charge is 0.382 e. The predicted molar refractivity (Wildman–Crippen MR) is 78.4 cm³/mol. The summed E-state index contributed by atoms with van der Waals surface area (Å²) in [5.74, 6) is 2.34. The Morgan fingerprint density at radius 1 is 1.28 bits per heavy atom. The first-order chi connectivity index (χ1) is 8.40. The van der Waals surface area contributed by atoms with E-state index in [2.05, 4.69) is 30.7 Å². The second kappa shape index (κ2) is 5.14. The average Bonchev–Trinajstić information content (AvgIpc) is 2.29. The van der Waals surface area contributed by atoms with Crippen molar-refractivity contribution in [3.63, 3.8) is 0 Å². The van der Waals surface area contributed by atoms with Gasteiger partial charge in [0.1, 0.15) is 11.6 Å². The van der Waals surface area contributed by atoms with Crippen molar-refractivity contribution in [1.29, 1.82) is 0 Å². The molecule has 18 heavy (non-hydrogen) atoms. The highest BCUT2D eigenvalue weighted by Gasteiger charge is 2.31. The molecular formula is C13H19Cl2N3. The van der Waals surface area contributed by atoms with Crippen LogP contribution in [0.3, 0.4) is 0 Å². The Kier molecular flexibility index (Phi) is 3.93. The SMILES string of the molecule is CC1CC(C)C(C)N(c2nc(N)c(Cl)cc2Cl)C1. The minimum Gasteiger partial charge on any atom is -0.382 e. The van der Waals surface area contributed by atoms with Crippen molar-refractivity contribution < 1.29 is 0 Å². The second-order valence-electron chi connectivity index (χ2n) is 5.37. The zero-order valence-electron chi connectivity index (χ0n) is 11.0. The predicted octanol–water partition coefficient (Wildman–Crippen LogP) is 3.84. The van der Waals surface area contributed by atoms with Crippen LogP contribution in [-0.4, -0.2) is 17.6 Å². The Labute approximate surface area is 118 Å². The van der Waals surface area contributed by atoms with E-state index in [0.29, 0.717) is 33.7 Å². The first-order valence-electron chi connectivity index (χ1n) is 6.28. The molecule has 0 spiro atoms. The quantitative estimate of drug-likeness (QED) is 0.853. The van der Waals surface area contributed by atoms with Crippen molar-refractivity contribution in [2.45, 2.75) is 33.2 Å². The van der Waals surface area contributed by atoms with Gasteiger partial charge in [-0.25, -0.2) is 4.98 Å². The molecule has 2 N–H and O–H groups in total. The first kappa shape index (κ1) is 13.8. The van der Waals surface area contributed by atoms with E-state index in [1.807, 2.05) is 0 Å². The summed E-state index contributed by atoms with van der Waals surface area (Å²) < 4.78 is 0. The highest BCUT2D eigenvalue weighted by Crippen LogP contribution is 2.36. The molecule has 1 saturated heterocycles. The summed E-state index contributed by atoms with van der Waals surface area (Å²) in [5, 5.41) is 0.983. The van der Waals surface area contributed by atoms with Crippen LogP contribution in [0, 0.1) is 11.8 Å². The van der Waals surface area contributed by atoms with Crippen LogP contribution in [0.25, 0.3) is 0 Å². The number of nitrogens with zero attached hydrogens (tertiary/aromatic N) is 2. The van der Waals surface area contributed by atoms with Gasteiger partial charge in [0.25, 0.3) is 0 Å². The van der Waals surface area contributed by atoms with Gasteiger partial charge < -0.3 is 10.6 Å². The fraction of sp³-hybridized carbons (Fsp3) is 0.615. The van der Waals surface area contributed by atoms with E-state index in [1.165, 1.54) is 6.42 Å². The molecule has 0 saturated carbocycles. The zero-order chi connectivity index (χ0) is 13.4. The Hall–Kier alpha value is -0.670. The monoisotopic (exact) mass is 287 g/mol. The number of anilines is 2. The van der Waals surface area contributed by atoms with Gasteiger partial charge in [-0.15, -0.1) is 0 Å². The topological polar surface area (TPSA) is 42.2 Å². The normalized spacial score (nSPS) is 28.5. The van der Waals surface area contributed by atoms with E-state index in [9.17, 15) is 0 Å². The number of aromatic nitrogens is 1. The molecule has 3 atom stereocenters. The molecule has 0 bridgehead atoms. The van der Waals surface area contributed by atoms with E-state index < -0.39 is 0 Å². The molecule has 1 aliphatic rings. The number of nitrogen functional groups attached to an aromatic ring is 1. The second-order valence-corrected chi connectivity index (χ2v) is 6.19. The molecule has 100 valence electrons. The molecule has 1 aromatic rings. The molecular weight excluding hydrogens is 269 g/mol. The highest BCUT2D eigenvalue weighted by atomic mass is 35.5. The minimum absolute atomic E-state index is 0.342. The molecule has 2 rings (SSSR count). The van der Waals surface area contributed by atoms with Crippen molar-refractivity contribution >= 4 is 34.8 Å². The molecule has 0 aliphatic carbocycles. The van der Waals surface area contributed by atoms with Crippen LogP contribution in [0.4, 0.5) is 11.6 Å². The molecule has 1 aliphatic heterocycles. The van der Waals surface area contributed by atoms with Crippen LogP contribution in [0.2, 0.25) is 10.0 Å². The van der Waals surface area contributed by atoms with Crippen molar-refractivity contribution in [2.75, 3.05) is 17.2 Å². The Morgan fingerprint density at radius 2 is 1.94 bits per heavy atom. The summed E-state index contributed by atoms with van der Waals surface area (Å²) in [7, 11) is 0. The maximum Gasteiger partial charge on any atom is 0.150 e. The molecule has 1 aromatic heterocycles. The number of halogens is 2. The first-order valence-corrected chi connectivity index (χ1v) is 7.04. The number of hydrogen-bond acceptors (Lipinski definition) is 3. The lowest BCUT2D eigenvalue weighted by molar-refractivity contribution is 0.295. The average molecular weight is 288 g/mol. The fourth-order valence-electron chi connectivity index (χ4n) is 2.67. The van der Waals surface area contributed by atoms with Crippen molar-refractivity contribution in [3.8, 4) is 0 Å². The van der Waals surface area contributed by atoms with Crippen LogP contribution in [0.1, 0.15) is 27.2 Å². The third-order valence-electron chi connectivity index (χ3n) is 3.81. The molecule has 2 heterocycles. The van der Waals surface area contributed by atoms with Gasteiger partial charge >= 0.3 is 0 Å². The molecule has 0 aromatic carbocycles. The third-order valence-corrected chi connectivity index (χ3v) is 4.39. The zero-order valence-corrected chi connectivity index (χ0v) is 12.5. The highest BCUT2D eigenvalue weighted by molar-refractivity contribution is 6.37. The van der Waals surface area contributed by atoms with Gasteiger partial charge in [0.2, 0.25) is 0 Å². The summed E-state index contributed by atoms with van der Waals surface area (Å²) in [5.41, 5.74) is 5.78. The summed E-state index contributed by atoms with van der Waals surface area (Å²) in [6.07, 6.45) is 1.23. The van der Waals surface area contributed by atoms with Gasteiger partial charge in [-0.05, 0) is 31.2 Å². The van der Waals surface area contributed by atoms with Crippen LogP contribution in [-0.2, 0) is 0 Å². The Bertz CT molecular complexity index is 450. The number of hydrogen-bond donors (Lipinski definition) is 1. The van der Waals surface area contributed by atoms with Crippen LogP contribution >= 0.6 is 23.2 Å². The van der Waals surface area contributed by atoms with Crippen LogP contribution in [0.5, 0.6) is 0 Å². The minimum atomic E-state index is 0.342. The number of rotatable bonds is 1. The third kappa shape index (κ3) is 2.52. The van der Waals surface area contributed by atoms with Crippen molar-refractivity contribution in [3.05, 3.63) is 16.1 Å². The van der Waals surface area contributed by atoms with Gasteiger partial charge in [-0.1, -0.05) is 37.0 Å². The van der Waals surface area contributed by atoms with Gasteiger partial charge in [-0.3, -0.25) is 0 Å². The number of nitrogens with two attached hydrogens (primary N) is 1. The molecule has 5 heteroatoms. The maximum absolute atomic E-state index is 6.25. The van der Waals surface area contributed by atoms with Crippen LogP contribution in [0.15, 0.2) is 6.07 Å².